The maximum Gasteiger partial charge on any atom is 0.327 e. The van der Waals surface area contributed by atoms with E-state index in [2.05, 4.69) is 9.97 Å². The Hall–Kier alpha value is -2.18. The molecule has 1 heterocycles. The lowest BCUT2D eigenvalue weighted by Crippen LogP contribution is -2.32. The van der Waals surface area contributed by atoms with Gasteiger partial charge in [-0.05, 0) is 19.5 Å². The van der Waals surface area contributed by atoms with E-state index in [0.29, 0.717) is 18.7 Å². The second kappa shape index (κ2) is 7.89. The highest BCUT2D eigenvalue weighted by Crippen LogP contribution is 2.24. The fourth-order valence-electron chi connectivity index (χ4n) is 2.29. The number of halogens is 1. The molecule has 0 amide bonds. The van der Waals surface area contributed by atoms with Gasteiger partial charge < -0.3 is 10.5 Å². The average Bonchev–Trinajstić information content (AvgIpc) is 2.52. The third-order valence-corrected chi connectivity index (χ3v) is 3.64. The molecule has 1 aromatic heterocycles. The Bertz CT molecular complexity index is 666. The minimum atomic E-state index is -0.537. The highest BCUT2D eigenvalue weighted by Gasteiger charge is 2.27. The molecule has 0 radical (unpaired) electrons. The average molecular weight is 335 g/mol. The third-order valence-electron chi connectivity index (χ3n) is 3.32. The number of nitrogens with two attached hydrogens (primary N) is 1. The van der Waals surface area contributed by atoms with Crippen LogP contribution in [0.2, 0.25) is 5.15 Å². The number of anilines is 1. The molecule has 23 heavy (non-hydrogen) atoms. The molecule has 0 aliphatic rings. The van der Waals surface area contributed by atoms with E-state index in [-0.39, 0.29) is 17.1 Å². The SMILES string of the molecule is CCOC(=O)C(c1ccccc1)N(C)Cc1cnc(N)nc1Cl. The van der Waals surface area contributed by atoms with E-state index in [1.54, 1.807) is 13.1 Å². The summed E-state index contributed by atoms with van der Waals surface area (Å²) in [7, 11) is 1.82. The van der Waals surface area contributed by atoms with Gasteiger partial charge in [0, 0.05) is 18.3 Å². The molecule has 0 saturated heterocycles. The van der Waals surface area contributed by atoms with Gasteiger partial charge in [-0.15, -0.1) is 0 Å². The van der Waals surface area contributed by atoms with Crippen LogP contribution in [0.4, 0.5) is 5.95 Å². The number of benzene rings is 1. The van der Waals surface area contributed by atoms with E-state index in [1.165, 1.54) is 0 Å². The summed E-state index contributed by atoms with van der Waals surface area (Å²) in [5.41, 5.74) is 7.04. The number of esters is 1. The summed E-state index contributed by atoms with van der Waals surface area (Å²) in [4.78, 5) is 22.1. The van der Waals surface area contributed by atoms with Crippen LogP contribution in [0, 0.1) is 0 Å². The van der Waals surface area contributed by atoms with Crippen LogP contribution in [0.25, 0.3) is 0 Å². The van der Waals surface area contributed by atoms with E-state index in [0.717, 1.165) is 5.56 Å². The first kappa shape index (κ1) is 17.2. The van der Waals surface area contributed by atoms with Gasteiger partial charge in [-0.25, -0.2) is 14.8 Å². The van der Waals surface area contributed by atoms with E-state index in [1.807, 2.05) is 42.3 Å². The van der Waals surface area contributed by atoms with Crippen molar-refractivity contribution in [2.75, 3.05) is 19.4 Å². The van der Waals surface area contributed by atoms with E-state index in [4.69, 9.17) is 22.1 Å². The van der Waals surface area contributed by atoms with Gasteiger partial charge in [0.15, 0.2) is 0 Å². The van der Waals surface area contributed by atoms with Crippen molar-refractivity contribution >= 4 is 23.5 Å². The number of carbonyl (C=O) groups is 1. The Morgan fingerprint density at radius 2 is 2.09 bits per heavy atom. The maximum absolute atomic E-state index is 12.4. The molecule has 0 saturated carbocycles. The highest BCUT2D eigenvalue weighted by atomic mass is 35.5. The zero-order valence-corrected chi connectivity index (χ0v) is 13.8. The van der Waals surface area contributed by atoms with Crippen molar-refractivity contribution < 1.29 is 9.53 Å². The van der Waals surface area contributed by atoms with Crippen LogP contribution in [-0.4, -0.2) is 34.5 Å². The highest BCUT2D eigenvalue weighted by molar-refractivity contribution is 6.30. The second-order valence-corrected chi connectivity index (χ2v) is 5.38. The largest absolute Gasteiger partial charge is 0.465 e. The van der Waals surface area contributed by atoms with Crippen LogP contribution in [0.5, 0.6) is 0 Å². The number of hydrogen-bond donors (Lipinski definition) is 1. The first-order valence-electron chi connectivity index (χ1n) is 7.21. The predicted octanol–water partition coefficient (Wildman–Crippen LogP) is 2.45. The van der Waals surface area contributed by atoms with Crippen LogP contribution < -0.4 is 5.73 Å². The van der Waals surface area contributed by atoms with Crippen molar-refractivity contribution in [1.82, 2.24) is 14.9 Å². The summed E-state index contributed by atoms with van der Waals surface area (Å²) in [6, 6.07) is 8.91. The Labute approximate surface area is 140 Å². The zero-order valence-electron chi connectivity index (χ0n) is 13.1. The first-order valence-corrected chi connectivity index (χ1v) is 7.59. The lowest BCUT2D eigenvalue weighted by molar-refractivity contribution is -0.149. The van der Waals surface area contributed by atoms with Gasteiger partial charge in [0.1, 0.15) is 11.2 Å². The van der Waals surface area contributed by atoms with E-state index >= 15 is 0 Å². The van der Waals surface area contributed by atoms with Crippen LogP contribution in [0.15, 0.2) is 36.5 Å². The van der Waals surface area contributed by atoms with Gasteiger partial charge in [-0.1, -0.05) is 41.9 Å². The zero-order chi connectivity index (χ0) is 16.8. The molecule has 6 nitrogen and oxygen atoms in total. The van der Waals surface area contributed by atoms with Crippen molar-refractivity contribution in [2.24, 2.45) is 0 Å². The third kappa shape index (κ3) is 4.40. The summed E-state index contributed by atoms with van der Waals surface area (Å²) >= 11 is 6.09. The van der Waals surface area contributed by atoms with E-state index in [9.17, 15) is 4.79 Å². The molecular weight excluding hydrogens is 316 g/mol. The van der Waals surface area contributed by atoms with Gasteiger partial charge in [-0.2, -0.15) is 0 Å². The topological polar surface area (TPSA) is 81.3 Å². The van der Waals surface area contributed by atoms with Crippen molar-refractivity contribution in [3.8, 4) is 0 Å². The Kier molecular flexibility index (Phi) is 5.90. The number of carbonyl (C=O) groups excluding carboxylic acids is 1. The lowest BCUT2D eigenvalue weighted by atomic mass is 10.1. The van der Waals surface area contributed by atoms with Gasteiger partial charge in [0.05, 0.1) is 6.61 Å². The first-order chi connectivity index (χ1) is 11.0. The van der Waals surface area contributed by atoms with Crippen molar-refractivity contribution in [3.05, 3.63) is 52.8 Å². The fraction of sp³-hybridized carbons (Fsp3) is 0.312. The molecule has 2 aromatic rings. The summed E-state index contributed by atoms with van der Waals surface area (Å²) in [5, 5.41) is 0.278. The smallest absolute Gasteiger partial charge is 0.327 e. The standard InChI is InChI=1S/C16H19ClN4O2/c1-3-23-15(22)13(11-7-5-4-6-8-11)21(2)10-12-9-19-16(18)20-14(12)17/h4-9,13H,3,10H2,1-2H3,(H2,18,19,20). The number of likely N-dealkylation sites (N-methyl/N-ethyl adjacent to an activating group) is 1. The number of nitrogen functional groups attached to an aromatic ring is 1. The molecule has 0 fully saturated rings. The van der Waals surface area contributed by atoms with Gasteiger partial charge in [0.2, 0.25) is 5.95 Å². The molecule has 1 aromatic carbocycles. The van der Waals surface area contributed by atoms with Crippen LogP contribution in [0.1, 0.15) is 24.1 Å². The minimum absolute atomic E-state index is 0.117. The number of ether oxygens (including phenoxy) is 1. The molecule has 0 aliphatic carbocycles. The normalized spacial score (nSPS) is 12.2. The molecule has 7 heteroatoms. The van der Waals surface area contributed by atoms with E-state index < -0.39 is 6.04 Å². The molecule has 1 atom stereocenters. The molecule has 0 bridgehead atoms. The number of nitrogens with zero attached hydrogens (tertiary/aromatic N) is 3. The van der Waals surface area contributed by atoms with Crippen molar-refractivity contribution in [1.29, 1.82) is 0 Å². The summed E-state index contributed by atoms with van der Waals surface area (Å²) in [6.07, 6.45) is 1.56. The van der Waals surface area contributed by atoms with Crippen molar-refractivity contribution in [2.45, 2.75) is 19.5 Å². The van der Waals surface area contributed by atoms with Crippen LogP contribution >= 0.6 is 11.6 Å². The quantitative estimate of drug-likeness (QED) is 0.645. The molecule has 2 rings (SSSR count). The monoisotopic (exact) mass is 334 g/mol. The van der Waals surface area contributed by atoms with Crippen LogP contribution in [0.3, 0.4) is 0 Å². The number of rotatable bonds is 6. The molecule has 2 N–H and O–H groups in total. The minimum Gasteiger partial charge on any atom is -0.465 e. The van der Waals surface area contributed by atoms with Gasteiger partial charge in [-0.3, -0.25) is 4.90 Å². The fourth-order valence-corrected chi connectivity index (χ4v) is 2.49. The van der Waals surface area contributed by atoms with Gasteiger partial charge >= 0.3 is 5.97 Å². The predicted molar refractivity (Wildman–Crippen MR) is 88.7 cm³/mol. The summed E-state index contributed by atoms with van der Waals surface area (Å²) < 4.78 is 5.20. The Balaban J connectivity index is 2.26. The molecule has 0 spiro atoms. The van der Waals surface area contributed by atoms with Crippen LogP contribution in [-0.2, 0) is 16.1 Å². The Morgan fingerprint density at radius 1 is 1.39 bits per heavy atom. The number of hydrogen-bond acceptors (Lipinski definition) is 6. The summed E-state index contributed by atoms with van der Waals surface area (Å²) in [5.74, 6) is -0.194. The summed E-state index contributed by atoms with van der Waals surface area (Å²) in [6.45, 7) is 2.49. The Morgan fingerprint density at radius 3 is 2.70 bits per heavy atom. The maximum atomic E-state index is 12.4. The second-order valence-electron chi connectivity index (χ2n) is 5.02. The molecule has 122 valence electrons. The number of aromatic nitrogens is 2. The molecule has 0 aliphatic heterocycles. The molecular formula is C16H19ClN4O2. The molecule has 1 unspecified atom stereocenters. The lowest BCUT2D eigenvalue weighted by Gasteiger charge is -2.26. The van der Waals surface area contributed by atoms with Crippen molar-refractivity contribution in [3.63, 3.8) is 0 Å². The van der Waals surface area contributed by atoms with Gasteiger partial charge in [0.25, 0.3) is 0 Å².